The summed E-state index contributed by atoms with van der Waals surface area (Å²) in [5, 5.41) is 0.119. The second-order valence-electron chi connectivity index (χ2n) is 8.91. The summed E-state index contributed by atoms with van der Waals surface area (Å²) >= 11 is 0. The molecule has 2 atom stereocenters. The van der Waals surface area contributed by atoms with Crippen LogP contribution in [0.5, 0.6) is 5.88 Å². The average molecular weight is 479 g/mol. The van der Waals surface area contributed by atoms with Crippen LogP contribution in [0.2, 0.25) is 0 Å². The number of imidazole rings is 1. The van der Waals surface area contributed by atoms with Crippen LogP contribution in [0.1, 0.15) is 35.8 Å². The number of amidine groups is 1. The van der Waals surface area contributed by atoms with Crippen molar-refractivity contribution in [3.63, 3.8) is 0 Å². The molecule has 0 unspecified atom stereocenters. The van der Waals surface area contributed by atoms with E-state index in [2.05, 4.69) is 20.4 Å². The van der Waals surface area contributed by atoms with Crippen LogP contribution in [0, 0.1) is 24.5 Å². The van der Waals surface area contributed by atoms with Gasteiger partial charge in [0.25, 0.3) is 0 Å². The number of hydrogen-bond acceptors (Lipinski definition) is 7. The lowest BCUT2D eigenvalue weighted by Gasteiger charge is -2.30. The molecule has 4 aromatic rings. The van der Waals surface area contributed by atoms with Crippen molar-refractivity contribution in [1.29, 1.82) is 0 Å². The summed E-state index contributed by atoms with van der Waals surface area (Å²) in [5.74, 6) is -0.904. The van der Waals surface area contributed by atoms with Gasteiger partial charge < -0.3 is 13.9 Å². The first-order valence-electron chi connectivity index (χ1n) is 11.3. The van der Waals surface area contributed by atoms with Crippen LogP contribution in [0.4, 0.5) is 8.78 Å². The van der Waals surface area contributed by atoms with Gasteiger partial charge >= 0.3 is 0 Å². The van der Waals surface area contributed by atoms with Gasteiger partial charge in [-0.1, -0.05) is 0 Å². The maximum atomic E-state index is 14.9. The predicted octanol–water partition coefficient (Wildman–Crippen LogP) is 3.55. The summed E-state index contributed by atoms with van der Waals surface area (Å²) in [4.78, 5) is 23.9. The van der Waals surface area contributed by atoms with Gasteiger partial charge in [-0.05, 0) is 37.8 Å². The van der Waals surface area contributed by atoms with Crippen LogP contribution in [0.3, 0.4) is 0 Å². The highest BCUT2D eigenvalue weighted by atomic mass is 19.2. The lowest BCUT2D eigenvalue weighted by Crippen LogP contribution is -2.40. The minimum atomic E-state index is -0.997. The molecule has 0 spiro atoms. The Labute approximate surface area is 199 Å². The fraction of sp³-hybridized carbons (Fsp3) is 0.333. The monoisotopic (exact) mass is 479 g/mol. The molecule has 4 aromatic heterocycles. The minimum absolute atomic E-state index is 0.119. The first-order chi connectivity index (χ1) is 16.9. The van der Waals surface area contributed by atoms with E-state index in [-0.39, 0.29) is 17.4 Å². The number of ether oxygens (including phenoxy) is 1. The van der Waals surface area contributed by atoms with Gasteiger partial charge in [-0.2, -0.15) is 0 Å². The number of hydrogen-bond donors (Lipinski definition) is 1. The molecule has 2 aliphatic rings. The first kappa shape index (κ1) is 21.7. The van der Waals surface area contributed by atoms with Crippen molar-refractivity contribution in [3.8, 4) is 11.6 Å². The van der Waals surface area contributed by atoms with Crippen molar-refractivity contribution in [1.82, 2.24) is 29.6 Å². The molecule has 0 saturated heterocycles. The Bertz CT molecular complexity index is 1470. The largest absolute Gasteiger partial charge is 0.479 e. The highest BCUT2D eigenvalue weighted by Crippen LogP contribution is 2.44. The van der Waals surface area contributed by atoms with Gasteiger partial charge in [-0.15, -0.1) is 0 Å². The van der Waals surface area contributed by atoms with E-state index in [0.717, 1.165) is 30.4 Å². The molecule has 0 bridgehead atoms. The Kier molecular flexibility index (Phi) is 5.03. The van der Waals surface area contributed by atoms with Crippen molar-refractivity contribution >= 4 is 16.9 Å². The van der Waals surface area contributed by atoms with E-state index in [0.29, 0.717) is 28.6 Å². The molecule has 9 nitrogen and oxygen atoms in total. The van der Waals surface area contributed by atoms with Crippen LogP contribution in [-0.4, -0.2) is 43.1 Å². The third-order valence-corrected chi connectivity index (χ3v) is 6.45. The third kappa shape index (κ3) is 3.63. The Morgan fingerprint density at radius 3 is 2.71 bits per heavy atom. The normalized spacial score (nSPS) is 20.1. The Morgan fingerprint density at radius 1 is 1.17 bits per heavy atom. The molecule has 6 rings (SSSR count). The van der Waals surface area contributed by atoms with E-state index in [4.69, 9.17) is 14.6 Å². The molecule has 180 valence electrons. The number of nitrogens with zero attached hydrogens (tertiary/aromatic N) is 6. The summed E-state index contributed by atoms with van der Waals surface area (Å²) in [6.07, 6.45) is 7.84. The van der Waals surface area contributed by atoms with E-state index in [1.807, 2.05) is 23.8 Å². The van der Waals surface area contributed by atoms with Crippen molar-refractivity contribution in [3.05, 3.63) is 65.6 Å². The zero-order valence-electron chi connectivity index (χ0n) is 19.4. The van der Waals surface area contributed by atoms with E-state index in [1.54, 1.807) is 37.3 Å². The highest BCUT2D eigenvalue weighted by Gasteiger charge is 2.43. The molecule has 1 saturated carbocycles. The molecular formula is C24H23F2N7O2. The van der Waals surface area contributed by atoms with Crippen LogP contribution in [0.25, 0.3) is 16.7 Å². The van der Waals surface area contributed by atoms with Gasteiger partial charge in [0.1, 0.15) is 29.2 Å². The number of halogens is 2. The SMILES string of the molecule is COc1nc(C2=N[C@@H](c3cn(C)c4ncc(F)c(F)c34)[C@@H](C3CC3)ON2)ccc1-n1cnc(C)c1. The van der Waals surface area contributed by atoms with E-state index in [9.17, 15) is 8.78 Å². The van der Waals surface area contributed by atoms with Gasteiger partial charge in [-0.3, -0.25) is 9.83 Å². The molecule has 1 aliphatic carbocycles. The Hall–Kier alpha value is -3.86. The average Bonchev–Trinajstić information content (AvgIpc) is 3.54. The number of fused-ring (bicyclic) bond motifs is 1. The molecule has 0 radical (unpaired) electrons. The fourth-order valence-electron chi connectivity index (χ4n) is 4.57. The second kappa shape index (κ2) is 8.12. The van der Waals surface area contributed by atoms with Crippen LogP contribution < -0.4 is 10.2 Å². The smallest absolute Gasteiger partial charge is 0.238 e. The predicted molar refractivity (Wildman–Crippen MR) is 123 cm³/mol. The number of aliphatic imine (C=N–C) groups is 1. The standard InChI is InChI=1S/C24H23F2N7O2/c1-12-9-33(11-28-12)17-7-6-16(29-24(17)34-3)22-30-20(21(35-31-22)13-4-5-13)14-10-32(2)23-18(14)19(26)15(25)8-27-23/h6-11,13,20-21H,4-5H2,1-3H3,(H,30,31)/t20-,21+/m0/s1. The molecule has 5 heterocycles. The fourth-order valence-corrected chi connectivity index (χ4v) is 4.57. The zero-order valence-corrected chi connectivity index (χ0v) is 19.4. The van der Waals surface area contributed by atoms with E-state index in [1.165, 1.54) is 0 Å². The molecule has 1 aliphatic heterocycles. The minimum Gasteiger partial charge on any atom is -0.479 e. The second-order valence-corrected chi connectivity index (χ2v) is 8.91. The van der Waals surface area contributed by atoms with Gasteiger partial charge in [0, 0.05) is 25.0 Å². The van der Waals surface area contributed by atoms with Gasteiger partial charge in [0.15, 0.2) is 17.5 Å². The van der Waals surface area contributed by atoms with Gasteiger partial charge in [-0.25, -0.2) is 29.2 Å². The number of aryl methyl sites for hydroxylation is 2. The third-order valence-electron chi connectivity index (χ3n) is 6.45. The summed E-state index contributed by atoms with van der Waals surface area (Å²) < 4.78 is 38.1. The number of aromatic nitrogens is 5. The van der Waals surface area contributed by atoms with Crippen molar-refractivity contribution in [2.45, 2.75) is 31.9 Å². The van der Waals surface area contributed by atoms with Crippen molar-refractivity contribution < 1.29 is 18.4 Å². The van der Waals surface area contributed by atoms with Crippen molar-refractivity contribution in [2.75, 3.05) is 7.11 Å². The number of pyridine rings is 2. The lowest BCUT2D eigenvalue weighted by atomic mass is 9.98. The molecule has 0 amide bonds. The van der Waals surface area contributed by atoms with Crippen LogP contribution >= 0.6 is 0 Å². The van der Waals surface area contributed by atoms with Gasteiger partial charge in [0.05, 0.1) is 30.7 Å². The van der Waals surface area contributed by atoms with E-state index < -0.39 is 17.7 Å². The summed E-state index contributed by atoms with van der Waals surface area (Å²) in [6.45, 7) is 1.90. The number of hydroxylamine groups is 1. The number of nitrogens with one attached hydrogen (secondary N) is 1. The van der Waals surface area contributed by atoms with Gasteiger partial charge in [0.2, 0.25) is 5.88 Å². The molecule has 1 fully saturated rings. The summed E-state index contributed by atoms with van der Waals surface area (Å²) in [6, 6.07) is 3.08. The molecule has 35 heavy (non-hydrogen) atoms. The van der Waals surface area contributed by atoms with Crippen molar-refractivity contribution in [2.24, 2.45) is 18.0 Å². The van der Waals surface area contributed by atoms with Crippen LogP contribution in [-0.2, 0) is 11.9 Å². The lowest BCUT2D eigenvalue weighted by molar-refractivity contribution is -0.0290. The maximum Gasteiger partial charge on any atom is 0.238 e. The highest BCUT2D eigenvalue weighted by molar-refractivity contribution is 5.97. The first-order valence-corrected chi connectivity index (χ1v) is 11.3. The van der Waals surface area contributed by atoms with Crippen LogP contribution in [0.15, 0.2) is 42.0 Å². The summed E-state index contributed by atoms with van der Waals surface area (Å²) in [7, 11) is 3.29. The quantitative estimate of drug-likeness (QED) is 0.471. The number of methoxy groups -OCH3 is 1. The van der Waals surface area contributed by atoms with E-state index >= 15 is 0 Å². The zero-order chi connectivity index (χ0) is 24.3. The maximum absolute atomic E-state index is 14.9. The Morgan fingerprint density at radius 2 is 2.00 bits per heavy atom. The molecule has 0 aromatic carbocycles. The molecule has 1 N–H and O–H groups in total. The topological polar surface area (TPSA) is 91.4 Å². The number of rotatable bonds is 5. The molecular weight excluding hydrogens is 456 g/mol. The molecule has 11 heteroatoms. The Balaban J connectivity index is 1.45. The summed E-state index contributed by atoms with van der Waals surface area (Å²) in [5.41, 5.74) is 5.88.